The van der Waals surface area contributed by atoms with E-state index in [9.17, 15) is 0 Å². The van der Waals surface area contributed by atoms with Crippen molar-refractivity contribution in [1.29, 1.82) is 0 Å². The molecule has 19 heavy (non-hydrogen) atoms. The summed E-state index contributed by atoms with van der Waals surface area (Å²) in [6.45, 7) is 5.72. The molecule has 4 heteroatoms. The molecule has 3 atom stereocenters. The molecule has 3 unspecified atom stereocenters. The van der Waals surface area contributed by atoms with Crippen LogP contribution >= 0.6 is 0 Å². The second kappa shape index (κ2) is 6.78. The first-order chi connectivity index (χ1) is 9.28. The minimum absolute atomic E-state index is 0.131. The lowest BCUT2D eigenvalue weighted by Gasteiger charge is -2.43. The molecule has 1 aliphatic rings. The van der Waals surface area contributed by atoms with Crippen LogP contribution in [0.25, 0.3) is 0 Å². The summed E-state index contributed by atoms with van der Waals surface area (Å²) in [6, 6.07) is 8.15. The Morgan fingerprint density at radius 2 is 1.84 bits per heavy atom. The SMILES string of the molecule is CCNC1CC(Oc2ccc(OCC)cc2)C1OC. The predicted molar refractivity (Wildman–Crippen MR) is 74.9 cm³/mol. The van der Waals surface area contributed by atoms with E-state index in [1.807, 2.05) is 31.2 Å². The smallest absolute Gasteiger partial charge is 0.128 e. The lowest BCUT2D eigenvalue weighted by molar-refractivity contribution is -0.0884. The molecule has 0 aromatic heterocycles. The monoisotopic (exact) mass is 265 g/mol. The number of ether oxygens (including phenoxy) is 3. The summed E-state index contributed by atoms with van der Waals surface area (Å²) in [5.74, 6) is 1.74. The molecule has 1 aliphatic carbocycles. The van der Waals surface area contributed by atoms with Crippen LogP contribution < -0.4 is 14.8 Å². The van der Waals surface area contributed by atoms with Gasteiger partial charge in [0.1, 0.15) is 23.7 Å². The molecule has 1 N–H and O–H groups in total. The molecule has 0 saturated heterocycles. The van der Waals surface area contributed by atoms with Gasteiger partial charge in [-0.25, -0.2) is 0 Å². The van der Waals surface area contributed by atoms with Gasteiger partial charge in [-0.1, -0.05) is 6.92 Å². The number of hydrogen-bond acceptors (Lipinski definition) is 4. The third-order valence-electron chi connectivity index (χ3n) is 3.41. The van der Waals surface area contributed by atoms with Crippen LogP contribution in [0.2, 0.25) is 0 Å². The molecule has 0 heterocycles. The maximum atomic E-state index is 5.94. The minimum atomic E-state index is 0.131. The topological polar surface area (TPSA) is 39.7 Å². The summed E-state index contributed by atoms with van der Waals surface area (Å²) in [5, 5.41) is 3.40. The molecular formula is C15H23NO3. The van der Waals surface area contributed by atoms with Gasteiger partial charge in [-0.3, -0.25) is 0 Å². The summed E-state index contributed by atoms with van der Waals surface area (Å²) in [4.78, 5) is 0. The molecule has 0 amide bonds. The first kappa shape index (κ1) is 14.2. The molecule has 0 radical (unpaired) electrons. The van der Waals surface area contributed by atoms with Crippen molar-refractivity contribution in [3.05, 3.63) is 24.3 Å². The summed E-state index contributed by atoms with van der Waals surface area (Å²) < 4.78 is 16.8. The molecule has 0 bridgehead atoms. The highest BCUT2D eigenvalue weighted by atomic mass is 16.5. The summed E-state index contributed by atoms with van der Waals surface area (Å²) in [6.07, 6.45) is 1.25. The van der Waals surface area contributed by atoms with Crippen molar-refractivity contribution in [3.8, 4) is 11.5 Å². The van der Waals surface area contributed by atoms with Crippen LogP contribution in [0, 0.1) is 0 Å². The minimum Gasteiger partial charge on any atom is -0.494 e. The van der Waals surface area contributed by atoms with Crippen molar-refractivity contribution >= 4 is 0 Å². The number of nitrogens with one attached hydrogen (secondary N) is 1. The second-order valence-electron chi connectivity index (χ2n) is 4.66. The Balaban J connectivity index is 1.87. The van der Waals surface area contributed by atoms with Crippen LogP contribution in [-0.4, -0.2) is 38.5 Å². The van der Waals surface area contributed by atoms with E-state index in [0.717, 1.165) is 24.5 Å². The van der Waals surface area contributed by atoms with Crippen molar-refractivity contribution in [1.82, 2.24) is 5.32 Å². The van der Waals surface area contributed by atoms with Crippen LogP contribution in [0.5, 0.6) is 11.5 Å². The average Bonchev–Trinajstić information content (AvgIpc) is 2.40. The van der Waals surface area contributed by atoms with Crippen LogP contribution in [0.1, 0.15) is 20.3 Å². The molecule has 1 fully saturated rings. The van der Waals surface area contributed by atoms with E-state index in [4.69, 9.17) is 14.2 Å². The number of likely N-dealkylation sites (N-methyl/N-ethyl adjacent to an activating group) is 1. The first-order valence-corrected chi connectivity index (χ1v) is 6.94. The summed E-state index contributed by atoms with van der Waals surface area (Å²) in [5.41, 5.74) is 0. The van der Waals surface area contributed by atoms with Gasteiger partial charge in [0, 0.05) is 19.6 Å². The number of rotatable bonds is 7. The Hall–Kier alpha value is -1.26. The molecule has 0 spiro atoms. The third kappa shape index (κ3) is 3.39. The van der Waals surface area contributed by atoms with Crippen molar-refractivity contribution in [3.63, 3.8) is 0 Å². The lowest BCUT2D eigenvalue weighted by atomic mass is 9.85. The zero-order valence-corrected chi connectivity index (χ0v) is 11.9. The summed E-state index contributed by atoms with van der Waals surface area (Å²) >= 11 is 0. The molecule has 2 rings (SSSR count). The van der Waals surface area contributed by atoms with Gasteiger partial charge in [-0.15, -0.1) is 0 Å². The zero-order chi connectivity index (χ0) is 13.7. The fourth-order valence-electron chi connectivity index (χ4n) is 2.43. The van der Waals surface area contributed by atoms with Gasteiger partial charge in [0.25, 0.3) is 0 Å². The van der Waals surface area contributed by atoms with Crippen molar-refractivity contribution < 1.29 is 14.2 Å². The zero-order valence-electron chi connectivity index (χ0n) is 11.9. The van der Waals surface area contributed by atoms with E-state index in [1.165, 1.54) is 0 Å². The Kier molecular flexibility index (Phi) is 5.05. The van der Waals surface area contributed by atoms with Gasteiger partial charge in [0.2, 0.25) is 0 Å². The Bertz CT molecular complexity index is 379. The van der Waals surface area contributed by atoms with E-state index in [1.54, 1.807) is 7.11 Å². The van der Waals surface area contributed by atoms with Crippen LogP contribution in [-0.2, 0) is 4.74 Å². The van der Waals surface area contributed by atoms with Crippen LogP contribution in [0.3, 0.4) is 0 Å². The highest BCUT2D eigenvalue weighted by Crippen LogP contribution is 2.29. The maximum Gasteiger partial charge on any atom is 0.128 e. The molecule has 4 nitrogen and oxygen atoms in total. The van der Waals surface area contributed by atoms with Gasteiger partial charge in [0.05, 0.1) is 6.61 Å². The van der Waals surface area contributed by atoms with Gasteiger partial charge in [-0.05, 0) is 37.7 Å². The van der Waals surface area contributed by atoms with Gasteiger partial charge >= 0.3 is 0 Å². The van der Waals surface area contributed by atoms with E-state index in [2.05, 4.69) is 12.2 Å². The molecule has 1 aromatic carbocycles. The molecular weight excluding hydrogens is 242 g/mol. The normalized spacial score (nSPS) is 25.7. The Morgan fingerprint density at radius 3 is 2.42 bits per heavy atom. The van der Waals surface area contributed by atoms with E-state index < -0.39 is 0 Å². The number of hydrogen-bond donors (Lipinski definition) is 1. The number of methoxy groups -OCH3 is 1. The van der Waals surface area contributed by atoms with E-state index in [0.29, 0.717) is 12.6 Å². The quantitative estimate of drug-likeness (QED) is 0.820. The van der Waals surface area contributed by atoms with Gasteiger partial charge < -0.3 is 19.5 Å². The van der Waals surface area contributed by atoms with Gasteiger partial charge in [-0.2, -0.15) is 0 Å². The van der Waals surface area contributed by atoms with Crippen molar-refractivity contribution in [2.75, 3.05) is 20.3 Å². The first-order valence-electron chi connectivity index (χ1n) is 6.94. The van der Waals surface area contributed by atoms with Crippen LogP contribution in [0.4, 0.5) is 0 Å². The standard InChI is InChI=1S/C15H23NO3/c1-4-16-13-10-14(15(13)17-3)19-12-8-6-11(7-9-12)18-5-2/h6-9,13-16H,4-5,10H2,1-3H3. The maximum absolute atomic E-state index is 5.94. The lowest BCUT2D eigenvalue weighted by Crippen LogP contribution is -2.60. The van der Waals surface area contributed by atoms with E-state index >= 15 is 0 Å². The largest absolute Gasteiger partial charge is 0.494 e. The summed E-state index contributed by atoms with van der Waals surface area (Å²) in [7, 11) is 1.74. The highest BCUT2D eigenvalue weighted by molar-refractivity contribution is 5.31. The Labute approximate surface area is 115 Å². The predicted octanol–water partition coefficient (Wildman–Crippen LogP) is 2.23. The number of benzene rings is 1. The fourth-order valence-corrected chi connectivity index (χ4v) is 2.43. The third-order valence-corrected chi connectivity index (χ3v) is 3.41. The van der Waals surface area contributed by atoms with E-state index in [-0.39, 0.29) is 12.2 Å². The van der Waals surface area contributed by atoms with Crippen LogP contribution in [0.15, 0.2) is 24.3 Å². The Morgan fingerprint density at radius 1 is 1.16 bits per heavy atom. The molecule has 0 aliphatic heterocycles. The molecule has 106 valence electrons. The second-order valence-corrected chi connectivity index (χ2v) is 4.66. The fraction of sp³-hybridized carbons (Fsp3) is 0.600. The average molecular weight is 265 g/mol. The van der Waals surface area contributed by atoms with Crippen molar-refractivity contribution in [2.24, 2.45) is 0 Å². The highest BCUT2D eigenvalue weighted by Gasteiger charge is 2.42. The molecule has 1 aromatic rings. The molecule has 1 saturated carbocycles. The van der Waals surface area contributed by atoms with Gasteiger partial charge in [0.15, 0.2) is 0 Å². The van der Waals surface area contributed by atoms with Crippen molar-refractivity contribution in [2.45, 2.75) is 38.5 Å².